The molecule has 0 bridgehead atoms. The van der Waals surface area contributed by atoms with Crippen LogP contribution >= 0.6 is 37.2 Å². The number of halogens is 4. The third-order valence-electron chi connectivity index (χ3n) is 4.55. The van der Waals surface area contributed by atoms with Crippen LogP contribution in [0.15, 0.2) is 36.4 Å². The molecule has 156 valence electrons. The van der Waals surface area contributed by atoms with Crippen molar-refractivity contribution in [1.29, 1.82) is 0 Å². The summed E-state index contributed by atoms with van der Waals surface area (Å²) in [5.74, 6) is 0.410. The topological polar surface area (TPSA) is 28.2 Å². The molecule has 1 atom stereocenters. The third kappa shape index (κ3) is 9.16. The first-order chi connectivity index (χ1) is 12.9. The molecule has 0 N–H and O–H groups in total. The minimum absolute atomic E-state index is 0.0420. The predicted octanol–water partition coefficient (Wildman–Crippen LogP) is 9.76. The van der Waals surface area contributed by atoms with Gasteiger partial charge in [0.15, 0.2) is 0 Å². The van der Waals surface area contributed by atoms with Crippen molar-refractivity contribution < 1.29 is 12.3 Å². The Kier molecular flexibility index (Phi) is 11.1. The molecule has 0 aliphatic carbocycles. The minimum atomic E-state index is -3.11. The van der Waals surface area contributed by atoms with Gasteiger partial charge in [-0.3, -0.25) is 0 Å². The monoisotopic (exact) mass is 496 g/mol. The molecular weight excluding hydrogens is 470 g/mol. The van der Waals surface area contributed by atoms with E-state index in [1.54, 1.807) is 0 Å². The van der Waals surface area contributed by atoms with Crippen LogP contribution in [0.1, 0.15) is 42.5 Å². The standard InChI is InChI=1S/C21H28N2.4ClH.Ti/c1-7-14(2)21(22-19-15(3)10-8-11-16(19)4)23-20-17(5)12-9-13-18(20)6;;;;;/h8-14,21H,7H2,1-6H3;4*1H;/q-2;;;;;+4/p-4. The second-order valence-corrected chi connectivity index (χ2v) is 22.4. The van der Waals surface area contributed by atoms with Crippen LogP contribution < -0.4 is 0 Å². The number of rotatable bonds is 6. The SMILES string of the molecule is CCC(C)C([N-]c1c(C)cccc1C)[N-]c1c(C)cccc1C.[Cl][Ti]([Cl])([Cl])[Cl]. The van der Waals surface area contributed by atoms with Crippen LogP contribution in [0.2, 0.25) is 0 Å². The molecule has 2 aromatic rings. The molecular formula is C21H28Cl4N2Ti-2. The Balaban J connectivity index is 0.000000696. The molecule has 2 aromatic carbocycles. The first-order valence-corrected chi connectivity index (χ1v) is 17.8. The third-order valence-corrected chi connectivity index (χ3v) is 4.55. The maximum absolute atomic E-state index is 5.04. The second-order valence-electron chi connectivity index (χ2n) is 6.97. The van der Waals surface area contributed by atoms with Gasteiger partial charge >= 0.3 is 49.6 Å². The number of para-hydroxylation sites is 2. The van der Waals surface area contributed by atoms with Gasteiger partial charge in [-0.1, -0.05) is 84.8 Å². The Bertz CT molecular complexity index is 663. The Morgan fingerprint density at radius 1 is 0.750 bits per heavy atom. The van der Waals surface area contributed by atoms with Gasteiger partial charge in [0.25, 0.3) is 0 Å². The molecule has 0 saturated carbocycles. The normalized spacial score (nSPS) is 12.2. The molecule has 0 saturated heterocycles. The molecule has 0 amide bonds. The van der Waals surface area contributed by atoms with E-state index >= 15 is 0 Å². The van der Waals surface area contributed by atoms with Crippen molar-refractivity contribution in [3.63, 3.8) is 0 Å². The van der Waals surface area contributed by atoms with E-state index in [9.17, 15) is 0 Å². The van der Waals surface area contributed by atoms with Gasteiger partial charge in [0.1, 0.15) is 0 Å². The average molecular weight is 498 g/mol. The van der Waals surface area contributed by atoms with Crippen LogP contribution in [-0.2, 0) is 12.3 Å². The molecule has 0 aromatic heterocycles. The predicted molar refractivity (Wildman–Crippen MR) is 125 cm³/mol. The number of hydrogen-bond donors (Lipinski definition) is 0. The van der Waals surface area contributed by atoms with E-state index in [1.807, 2.05) is 0 Å². The zero-order chi connectivity index (χ0) is 21.5. The summed E-state index contributed by atoms with van der Waals surface area (Å²) in [5, 5.41) is 10.1. The van der Waals surface area contributed by atoms with Gasteiger partial charge in [-0.15, -0.1) is 11.4 Å². The molecule has 0 spiro atoms. The van der Waals surface area contributed by atoms with Crippen LogP contribution in [0.4, 0.5) is 11.4 Å². The fourth-order valence-electron chi connectivity index (χ4n) is 2.78. The number of aryl methyl sites for hydroxylation is 4. The van der Waals surface area contributed by atoms with Crippen LogP contribution in [0.3, 0.4) is 0 Å². The summed E-state index contributed by atoms with van der Waals surface area (Å²) >= 11 is -3.11. The van der Waals surface area contributed by atoms with Crippen LogP contribution in [0.25, 0.3) is 10.6 Å². The second kappa shape index (κ2) is 11.9. The molecule has 2 nitrogen and oxygen atoms in total. The van der Waals surface area contributed by atoms with E-state index in [4.69, 9.17) is 47.9 Å². The summed E-state index contributed by atoms with van der Waals surface area (Å²) in [6.07, 6.45) is 1.02. The number of hydrogen-bond acceptors (Lipinski definition) is 0. The van der Waals surface area contributed by atoms with Gasteiger partial charge in [0.2, 0.25) is 0 Å². The van der Waals surface area contributed by atoms with Crippen molar-refractivity contribution in [3.05, 3.63) is 69.3 Å². The molecule has 1 unspecified atom stereocenters. The maximum atomic E-state index is 5.04. The molecule has 0 radical (unpaired) electrons. The fourth-order valence-corrected chi connectivity index (χ4v) is 2.78. The Morgan fingerprint density at radius 3 is 1.29 bits per heavy atom. The van der Waals surface area contributed by atoms with Crippen LogP contribution in [0.5, 0.6) is 0 Å². The fraction of sp³-hybridized carbons (Fsp3) is 0.429. The first kappa shape index (κ1) is 26.0. The van der Waals surface area contributed by atoms with Crippen molar-refractivity contribution >= 4 is 48.6 Å². The Labute approximate surface area is 189 Å². The van der Waals surface area contributed by atoms with E-state index in [0.29, 0.717) is 5.92 Å². The van der Waals surface area contributed by atoms with Crippen molar-refractivity contribution in [1.82, 2.24) is 0 Å². The van der Waals surface area contributed by atoms with E-state index in [2.05, 4.69) is 77.9 Å². The Morgan fingerprint density at radius 2 is 1.04 bits per heavy atom. The van der Waals surface area contributed by atoms with Crippen molar-refractivity contribution in [2.45, 2.75) is 54.1 Å². The molecule has 0 fully saturated rings. The van der Waals surface area contributed by atoms with Gasteiger partial charge in [0, 0.05) is 0 Å². The summed E-state index contributed by atoms with van der Waals surface area (Å²) in [4.78, 5) is 0. The van der Waals surface area contributed by atoms with E-state index in [1.165, 1.54) is 22.3 Å². The summed E-state index contributed by atoms with van der Waals surface area (Å²) in [6.45, 7) is 12.9. The molecule has 0 aliphatic rings. The van der Waals surface area contributed by atoms with Crippen molar-refractivity contribution in [2.24, 2.45) is 5.92 Å². The van der Waals surface area contributed by atoms with E-state index < -0.39 is 12.3 Å². The summed E-state index contributed by atoms with van der Waals surface area (Å²) in [6, 6.07) is 12.7. The first-order valence-electron chi connectivity index (χ1n) is 9.23. The van der Waals surface area contributed by atoms with Crippen molar-refractivity contribution in [3.8, 4) is 0 Å². The molecule has 2 rings (SSSR count). The van der Waals surface area contributed by atoms with Crippen LogP contribution in [-0.4, -0.2) is 6.17 Å². The molecule has 0 aliphatic heterocycles. The van der Waals surface area contributed by atoms with Gasteiger partial charge in [0.05, 0.1) is 0 Å². The quantitative estimate of drug-likeness (QED) is 0.355. The number of benzene rings is 2. The van der Waals surface area contributed by atoms with Crippen LogP contribution in [0, 0.1) is 33.6 Å². The summed E-state index contributed by atoms with van der Waals surface area (Å²) < 4.78 is 0. The average Bonchev–Trinajstić information content (AvgIpc) is 2.57. The molecule has 28 heavy (non-hydrogen) atoms. The van der Waals surface area contributed by atoms with Gasteiger partial charge in [-0.25, -0.2) is 6.17 Å². The van der Waals surface area contributed by atoms with E-state index in [0.717, 1.165) is 17.8 Å². The van der Waals surface area contributed by atoms with Gasteiger partial charge < -0.3 is 10.6 Å². The molecule has 7 heteroatoms. The number of nitrogens with zero attached hydrogens (tertiary/aromatic N) is 2. The Hall–Kier alpha value is -0.0857. The molecule has 0 heterocycles. The van der Waals surface area contributed by atoms with E-state index in [-0.39, 0.29) is 6.17 Å². The van der Waals surface area contributed by atoms with Gasteiger partial charge in [-0.05, 0) is 27.7 Å². The van der Waals surface area contributed by atoms with Crippen molar-refractivity contribution in [2.75, 3.05) is 0 Å². The summed E-state index contributed by atoms with van der Waals surface area (Å²) in [7, 11) is 20.1. The zero-order valence-corrected chi connectivity index (χ0v) is 21.8. The summed E-state index contributed by atoms with van der Waals surface area (Å²) in [5.41, 5.74) is 7.05. The zero-order valence-electron chi connectivity index (χ0n) is 17.2. The van der Waals surface area contributed by atoms with Gasteiger partial charge in [-0.2, -0.15) is 0 Å².